The number of ether oxygens (including phenoxy) is 1. The van der Waals surface area contributed by atoms with Crippen molar-refractivity contribution in [3.05, 3.63) is 35.9 Å². The summed E-state index contributed by atoms with van der Waals surface area (Å²) in [6.07, 6.45) is 1.26. The van der Waals surface area contributed by atoms with Gasteiger partial charge in [-0.2, -0.15) is 0 Å². The Morgan fingerprint density at radius 3 is 2.73 bits per heavy atom. The lowest BCUT2D eigenvalue weighted by Gasteiger charge is -2.19. The van der Waals surface area contributed by atoms with Crippen molar-refractivity contribution in [3.8, 4) is 0 Å². The summed E-state index contributed by atoms with van der Waals surface area (Å²) in [4.78, 5) is 22.8. The maximum Gasteiger partial charge on any atom is 0.314 e. The average molecular weight is 305 g/mol. The van der Waals surface area contributed by atoms with Crippen LogP contribution in [0.4, 0.5) is 4.79 Å². The van der Waals surface area contributed by atoms with Gasteiger partial charge in [-0.1, -0.05) is 30.3 Å². The van der Waals surface area contributed by atoms with Crippen LogP contribution < -0.4 is 16.0 Å². The molecule has 0 bridgehead atoms. The van der Waals surface area contributed by atoms with Gasteiger partial charge in [-0.15, -0.1) is 0 Å². The Morgan fingerprint density at radius 2 is 2.00 bits per heavy atom. The Bertz CT molecular complexity index is 493. The monoisotopic (exact) mass is 305 g/mol. The molecule has 0 saturated carbocycles. The minimum absolute atomic E-state index is 0.0468. The zero-order valence-corrected chi connectivity index (χ0v) is 12.8. The second-order valence-electron chi connectivity index (χ2n) is 5.31. The maximum atomic E-state index is 11.8. The third kappa shape index (κ3) is 4.73. The van der Waals surface area contributed by atoms with Gasteiger partial charge < -0.3 is 20.7 Å². The molecule has 0 spiro atoms. The van der Waals surface area contributed by atoms with Crippen molar-refractivity contribution in [1.29, 1.82) is 0 Å². The number of amides is 3. The molecule has 0 unspecified atom stereocenters. The first-order chi connectivity index (χ1) is 10.7. The van der Waals surface area contributed by atoms with Crippen molar-refractivity contribution in [1.82, 2.24) is 16.0 Å². The standard InChI is InChI=1S/C16H23N3O3/c1-17-16(21)18-9-7-14(20)19-11-13-8-10-22-15(13)12-5-3-2-4-6-12/h2-6,13,15H,7-11H2,1H3,(H,19,20)(H2,17,18,21)/t13-,15-/m1/s1. The molecule has 3 amide bonds. The minimum Gasteiger partial charge on any atom is -0.373 e. The fourth-order valence-corrected chi connectivity index (χ4v) is 2.57. The van der Waals surface area contributed by atoms with Crippen LogP contribution in [-0.4, -0.2) is 38.7 Å². The molecule has 1 saturated heterocycles. The Kier molecular flexibility index (Phi) is 6.21. The van der Waals surface area contributed by atoms with Crippen LogP contribution in [0.15, 0.2) is 30.3 Å². The highest BCUT2D eigenvalue weighted by molar-refractivity contribution is 5.78. The van der Waals surface area contributed by atoms with E-state index >= 15 is 0 Å². The second kappa shape index (κ2) is 8.38. The van der Waals surface area contributed by atoms with Crippen LogP contribution in [0, 0.1) is 5.92 Å². The molecular formula is C16H23N3O3. The molecular weight excluding hydrogens is 282 g/mol. The lowest BCUT2D eigenvalue weighted by atomic mass is 9.95. The molecule has 2 rings (SSSR count). The molecule has 1 aliphatic rings. The quantitative estimate of drug-likeness (QED) is 0.739. The van der Waals surface area contributed by atoms with Crippen LogP contribution in [0.5, 0.6) is 0 Å². The van der Waals surface area contributed by atoms with Crippen LogP contribution in [0.25, 0.3) is 0 Å². The first-order valence-electron chi connectivity index (χ1n) is 7.59. The SMILES string of the molecule is CNC(=O)NCCC(=O)NC[C@H]1CCO[C@@H]1c1ccccc1. The van der Waals surface area contributed by atoms with Crippen LogP contribution in [0.2, 0.25) is 0 Å². The Labute approximate surface area is 130 Å². The van der Waals surface area contributed by atoms with Gasteiger partial charge in [0.05, 0.1) is 6.10 Å². The van der Waals surface area contributed by atoms with Gasteiger partial charge in [0, 0.05) is 39.1 Å². The Morgan fingerprint density at radius 1 is 1.23 bits per heavy atom. The maximum absolute atomic E-state index is 11.8. The van der Waals surface area contributed by atoms with Crippen molar-refractivity contribution in [2.45, 2.75) is 18.9 Å². The number of carbonyl (C=O) groups excluding carboxylic acids is 2. The first-order valence-corrected chi connectivity index (χ1v) is 7.59. The van der Waals surface area contributed by atoms with Crippen LogP contribution in [0.3, 0.4) is 0 Å². The van der Waals surface area contributed by atoms with Gasteiger partial charge in [-0.3, -0.25) is 4.79 Å². The van der Waals surface area contributed by atoms with Crippen LogP contribution in [0.1, 0.15) is 24.5 Å². The molecule has 3 N–H and O–H groups in total. The normalized spacial score (nSPS) is 20.4. The van der Waals surface area contributed by atoms with Gasteiger partial charge in [0.25, 0.3) is 0 Å². The lowest BCUT2D eigenvalue weighted by molar-refractivity contribution is -0.121. The molecule has 120 valence electrons. The van der Waals surface area contributed by atoms with Gasteiger partial charge in [0.1, 0.15) is 0 Å². The zero-order valence-electron chi connectivity index (χ0n) is 12.8. The van der Waals surface area contributed by atoms with Gasteiger partial charge >= 0.3 is 6.03 Å². The van der Waals surface area contributed by atoms with Crippen molar-refractivity contribution < 1.29 is 14.3 Å². The van der Waals surface area contributed by atoms with Gasteiger partial charge in [0.2, 0.25) is 5.91 Å². The molecule has 6 nitrogen and oxygen atoms in total. The molecule has 1 aromatic rings. The molecule has 1 aliphatic heterocycles. The fraction of sp³-hybridized carbons (Fsp3) is 0.500. The number of hydrogen-bond donors (Lipinski definition) is 3. The summed E-state index contributed by atoms with van der Waals surface area (Å²) in [6, 6.07) is 9.81. The van der Waals surface area contributed by atoms with E-state index in [1.807, 2.05) is 18.2 Å². The minimum atomic E-state index is -0.277. The smallest absolute Gasteiger partial charge is 0.314 e. The number of hydrogen-bond acceptors (Lipinski definition) is 3. The van der Waals surface area contributed by atoms with E-state index in [4.69, 9.17) is 4.74 Å². The van der Waals surface area contributed by atoms with E-state index in [1.54, 1.807) is 7.05 Å². The van der Waals surface area contributed by atoms with E-state index in [0.29, 0.717) is 19.0 Å². The summed E-state index contributed by atoms with van der Waals surface area (Å²) in [7, 11) is 1.54. The Balaban J connectivity index is 1.74. The zero-order chi connectivity index (χ0) is 15.8. The predicted molar refractivity (Wildman–Crippen MR) is 83.3 cm³/mol. The third-order valence-electron chi connectivity index (χ3n) is 3.77. The molecule has 1 heterocycles. The lowest BCUT2D eigenvalue weighted by Crippen LogP contribution is -2.37. The van der Waals surface area contributed by atoms with E-state index in [0.717, 1.165) is 18.6 Å². The summed E-state index contributed by atoms with van der Waals surface area (Å²) in [5.74, 6) is 0.230. The summed E-state index contributed by atoms with van der Waals surface area (Å²) < 4.78 is 5.79. The van der Waals surface area contributed by atoms with E-state index in [-0.39, 0.29) is 24.5 Å². The number of nitrogens with one attached hydrogen (secondary N) is 3. The largest absolute Gasteiger partial charge is 0.373 e. The van der Waals surface area contributed by atoms with Gasteiger partial charge in [-0.05, 0) is 12.0 Å². The number of carbonyl (C=O) groups is 2. The van der Waals surface area contributed by atoms with Gasteiger partial charge in [0.15, 0.2) is 0 Å². The number of benzene rings is 1. The Hall–Kier alpha value is -2.08. The van der Waals surface area contributed by atoms with Crippen molar-refractivity contribution in [3.63, 3.8) is 0 Å². The highest BCUT2D eigenvalue weighted by Gasteiger charge is 2.29. The molecule has 2 atom stereocenters. The molecule has 22 heavy (non-hydrogen) atoms. The molecule has 0 aromatic heterocycles. The fourth-order valence-electron chi connectivity index (χ4n) is 2.57. The van der Waals surface area contributed by atoms with Crippen LogP contribution >= 0.6 is 0 Å². The molecule has 1 fully saturated rings. The summed E-state index contributed by atoms with van der Waals surface area (Å²) in [5.41, 5.74) is 1.15. The van der Waals surface area contributed by atoms with Crippen molar-refractivity contribution in [2.75, 3.05) is 26.7 Å². The molecule has 0 radical (unpaired) electrons. The summed E-state index contributed by atoms with van der Waals surface area (Å²) in [5, 5.41) is 7.96. The van der Waals surface area contributed by atoms with Gasteiger partial charge in [-0.25, -0.2) is 4.79 Å². The molecule has 1 aromatic carbocycles. The topological polar surface area (TPSA) is 79.5 Å². The number of urea groups is 1. The third-order valence-corrected chi connectivity index (χ3v) is 3.77. The average Bonchev–Trinajstić information content (AvgIpc) is 3.02. The molecule has 6 heteroatoms. The van der Waals surface area contributed by atoms with E-state index < -0.39 is 0 Å². The molecule has 0 aliphatic carbocycles. The van der Waals surface area contributed by atoms with E-state index in [9.17, 15) is 9.59 Å². The highest BCUT2D eigenvalue weighted by atomic mass is 16.5. The predicted octanol–water partition coefficient (Wildman–Crippen LogP) is 1.20. The first kappa shape index (κ1) is 16.3. The summed E-state index contributed by atoms with van der Waals surface area (Å²) in [6.45, 7) is 1.64. The van der Waals surface area contributed by atoms with Crippen LogP contribution in [-0.2, 0) is 9.53 Å². The summed E-state index contributed by atoms with van der Waals surface area (Å²) >= 11 is 0. The van der Waals surface area contributed by atoms with Crippen molar-refractivity contribution >= 4 is 11.9 Å². The van der Waals surface area contributed by atoms with E-state index in [2.05, 4.69) is 28.1 Å². The second-order valence-corrected chi connectivity index (χ2v) is 5.31. The number of rotatable bonds is 6. The van der Waals surface area contributed by atoms with E-state index in [1.165, 1.54) is 0 Å². The highest BCUT2D eigenvalue weighted by Crippen LogP contribution is 2.33. The van der Waals surface area contributed by atoms with Crippen molar-refractivity contribution in [2.24, 2.45) is 5.92 Å².